The van der Waals surface area contributed by atoms with Gasteiger partial charge in [-0.05, 0) is 19.1 Å². The van der Waals surface area contributed by atoms with E-state index in [1.165, 1.54) is 0 Å². The number of piperazine rings is 1. The van der Waals surface area contributed by atoms with Crippen LogP contribution in [0.15, 0.2) is 29.2 Å². The maximum absolute atomic E-state index is 13.1. The van der Waals surface area contributed by atoms with Gasteiger partial charge in [-0.1, -0.05) is 17.7 Å². The highest BCUT2D eigenvalue weighted by molar-refractivity contribution is 7.89. The van der Waals surface area contributed by atoms with E-state index in [0.29, 0.717) is 24.4 Å². The largest absolute Gasteiger partial charge is 0.352 e. The minimum atomic E-state index is -3.57. The van der Waals surface area contributed by atoms with Crippen LogP contribution in [0.3, 0.4) is 0 Å². The van der Waals surface area contributed by atoms with Gasteiger partial charge in [0, 0.05) is 46.8 Å². The highest BCUT2D eigenvalue weighted by Gasteiger charge is 2.52. The van der Waals surface area contributed by atoms with Gasteiger partial charge in [0.2, 0.25) is 10.0 Å². The summed E-state index contributed by atoms with van der Waals surface area (Å²) >= 11 is 0. The summed E-state index contributed by atoms with van der Waals surface area (Å²) in [4.78, 5) is 2.59. The van der Waals surface area contributed by atoms with Crippen molar-refractivity contribution in [1.29, 1.82) is 0 Å². The number of piperidine rings is 1. The first-order chi connectivity index (χ1) is 10.9. The number of fused-ring (bicyclic) bond motifs is 2. The molecule has 1 aromatic rings. The van der Waals surface area contributed by atoms with E-state index in [-0.39, 0.29) is 6.04 Å². The number of rotatable bonds is 4. The Morgan fingerprint density at radius 2 is 1.74 bits per heavy atom. The third-order valence-corrected chi connectivity index (χ3v) is 6.94. The molecule has 2 heterocycles. The summed E-state index contributed by atoms with van der Waals surface area (Å²) < 4.78 is 39.1. The van der Waals surface area contributed by atoms with Crippen LogP contribution in [-0.2, 0) is 19.5 Å². The molecule has 1 unspecified atom stereocenters. The minimum Gasteiger partial charge on any atom is -0.352 e. The van der Waals surface area contributed by atoms with Gasteiger partial charge < -0.3 is 14.4 Å². The van der Waals surface area contributed by atoms with E-state index in [1.54, 1.807) is 30.7 Å². The van der Waals surface area contributed by atoms with Crippen LogP contribution in [0.4, 0.5) is 0 Å². The second-order valence-electron chi connectivity index (χ2n) is 6.22. The van der Waals surface area contributed by atoms with Crippen molar-refractivity contribution in [3.05, 3.63) is 29.8 Å². The molecule has 0 aromatic heterocycles. The van der Waals surface area contributed by atoms with Crippen molar-refractivity contribution in [1.82, 2.24) is 9.21 Å². The second-order valence-corrected chi connectivity index (χ2v) is 8.11. The van der Waals surface area contributed by atoms with E-state index in [0.717, 1.165) is 18.7 Å². The summed E-state index contributed by atoms with van der Waals surface area (Å²) in [7, 11) is -0.399. The van der Waals surface area contributed by atoms with E-state index >= 15 is 0 Å². The molecule has 2 saturated heterocycles. The van der Waals surface area contributed by atoms with Crippen molar-refractivity contribution in [3.8, 4) is 0 Å². The van der Waals surface area contributed by atoms with Gasteiger partial charge >= 0.3 is 0 Å². The van der Waals surface area contributed by atoms with Gasteiger partial charge in [-0.3, -0.25) is 0 Å². The van der Waals surface area contributed by atoms with E-state index in [9.17, 15) is 8.42 Å². The van der Waals surface area contributed by atoms with Gasteiger partial charge in [-0.15, -0.1) is 0 Å². The molecule has 6 nitrogen and oxygen atoms in total. The molecule has 0 spiro atoms. The van der Waals surface area contributed by atoms with E-state index in [1.807, 2.05) is 19.1 Å². The highest BCUT2D eigenvalue weighted by atomic mass is 32.2. The monoisotopic (exact) mass is 340 g/mol. The molecule has 2 bridgehead atoms. The highest BCUT2D eigenvalue weighted by Crippen LogP contribution is 2.35. The maximum atomic E-state index is 13.1. The Balaban J connectivity index is 1.98. The molecule has 2 aliphatic rings. The van der Waals surface area contributed by atoms with Crippen LogP contribution in [0.25, 0.3) is 0 Å². The van der Waals surface area contributed by atoms with Crippen LogP contribution < -0.4 is 0 Å². The SMILES string of the molecule is COC1(OC)CCN2CCN(S(=O)(=O)c3ccc(C)cc3)[C@H]1C2. The molecular weight excluding hydrogens is 316 g/mol. The molecule has 128 valence electrons. The average molecular weight is 340 g/mol. The minimum absolute atomic E-state index is 0.322. The lowest BCUT2D eigenvalue weighted by Crippen LogP contribution is -2.69. The van der Waals surface area contributed by atoms with Gasteiger partial charge in [-0.25, -0.2) is 8.42 Å². The molecule has 0 aliphatic carbocycles. The molecule has 0 saturated carbocycles. The van der Waals surface area contributed by atoms with Crippen molar-refractivity contribution in [2.24, 2.45) is 0 Å². The van der Waals surface area contributed by atoms with Crippen LogP contribution in [0, 0.1) is 6.92 Å². The fourth-order valence-electron chi connectivity index (χ4n) is 3.56. The first-order valence-corrected chi connectivity index (χ1v) is 9.28. The molecule has 0 radical (unpaired) electrons. The number of hydrogen-bond donors (Lipinski definition) is 0. The van der Waals surface area contributed by atoms with E-state index in [2.05, 4.69) is 4.90 Å². The Morgan fingerprint density at radius 3 is 2.35 bits per heavy atom. The number of hydrogen-bond acceptors (Lipinski definition) is 5. The van der Waals surface area contributed by atoms with Gasteiger partial charge in [0.05, 0.1) is 10.9 Å². The summed E-state index contributed by atoms with van der Waals surface area (Å²) in [6, 6.07) is 6.64. The average Bonchev–Trinajstić information content (AvgIpc) is 2.56. The molecule has 3 rings (SSSR count). The van der Waals surface area contributed by atoms with Crippen LogP contribution in [0.1, 0.15) is 12.0 Å². The van der Waals surface area contributed by atoms with Gasteiger partial charge in [0.1, 0.15) is 0 Å². The van der Waals surface area contributed by atoms with Crippen molar-refractivity contribution < 1.29 is 17.9 Å². The van der Waals surface area contributed by atoms with Gasteiger partial charge in [-0.2, -0.15) is 4.31 Å². The van der Waals surface area contributed by atoms with Gasteiger partial charge in [0.15, 0.2) is 5.79 Å². The quantitative estimate of drug-likeness (QED) is 0.767. The summed E-state index contributed by atoms with van der Waals surface area (Å²) in [5.41, 5.74) is 1.04. The first kappa shape index (κ1) is 16.9. The third-order valence-electron chi connectivity index (χ3n) is 5.02. The normalized spacial score (nSPS) is 27.8. The molecule has 2 aliphatic heterocycles. The Hall–Kier alpha value is -0.990. The van der Waals surface area contributed by atoms with Crippen molar-refractivity contribution in [2.45, 2.75) is 30.1 Å². The summed E-state index contributed by atoms with van der Waals surface area (Å²) in [5.74, 6) is -0.880. The van der Waals surface area contributed by atoms with Crippen molar-refractivity contribution >= 4 is 10.0 Å². The molecular formula is C16H24N2O4S. The number of benzene rings is 1. The predicted molar refractivity (Wildman–Crippen MR) is 86.7 cm³/mol. The second kappa shape index (κ2) is 6.14. The molecule has 0 N–H and O–H groups in total. The topological polar surface area (TPSA) is 59.1 Å². The fraction of sp³-hybridized carbons (Fsp3) is 0.625. The Bertz CT molecular complexity index is 655. The molecule has 0 amide bonds. The molecule has 2 fully saturated rings. The smallest absolute Gasteiger partial charge is 0.243 e. The maximum Gasteiger partial charge on any atom is 0.243 e. The zero-order valence-electron chi connectivity index (χ0n) is 13.9. The molecule has 7 heteroatoms. The van der Waals surface area contributed by atoms with Crippen LogP contribution >= 0.6 is 0 Å². The molecule has 1 aromatic carbocycles. The van der Waals surface area contributed by atoms with Crippen LogP contribution in [0.5, 0.6) is 0 Å². The lowest BCUT2D eigenvalue weighted by Gasteiger charge is -2.52. The Kier molecular flexibility index (Phi) is 4.50. The van der Waals surface area contributed by atoms with Crippen LogP contribution in [-0.4, -0.2) is 69.9 Å². The Labute approximate surface area is 138 Å². The lowest BCUT2D eigenvalue weighted by molar-refractivity contribution is -0.262. The Morgan fingerprint density at radius 1 is 1.09 bits per heavy atom. The third kappa shape index (κ3) is 2.81. The summed E-state index contributed by atoms with van der Waals surface area (Å²) in [6.45, 7) is 4.63. The van der Waals surface area contributed by atoms with Crippen molar-refractivity contribution in [3.63, 3.8) is 0 Å². The zero-order chi connectivity index (χ0) is 16.7. The molecule has 23 heavy (non-hydrogen) atoms. The fourth-order valence-corrected chi connectivity index (χ4v) is 5.19. The van der Waals surface area contributed by atoms with E-state index < -0.39 is 15.8 Å². The predicted octanol–water partition coefficient (Wildman–Crippen LogP) is 1.06. The standard InChI is InChI=1S/C16H24N2O4S/c1-13-4-6-14(7-5-13)23(19,20)18-11-10-17-9-8-16(21-2,22-3)15(18)12-17/h4-7,15H,8-12H2,1-3H3/t15-/m0/s1. The summed E-state index contributed by atoms with van der Waals surface area (Å²) in [6.07, 6.45) is 0.657. The number of methoxy groups -OCH3 is 2. The number of aryl methyl sites for hydroxylation is 1. The number of nitrogens with zero attached hydrogens (tertiary/aromatic N) is 2. The number of sulfonamides is 1. The zero-order valence-corrected chi connectivity index (χ0v) is 14.7. The van der Waals surface area contributed by atoms with Crippen molar-refractivity contribution in [2.75, 3.05) is 40.4 Å². The van der Waals surface area contributed by atoms with Crippen LogP contribution in [0.2, 0.25) is 0 Å². The lowest BCUT2D eigenvalue weighted by atomic mass is 9.95. The first-order valence-electron chi connectivity index (χ1n) is 7.84. The van der Waals surface area contributed by atoms with E-state index in [4.69, 9.17) is 9.47 Å². The molecule has 2 atom stereocenters. The summed E-state index contributed by atoms with van der Waals surface area (Å²) in [5, 5.41) is 0. The number of ether oxygens (including phenoxy) is 2. The van der Waals surface area contributed by atoms with Gasteiger partial charge in [0.25, 0.3) is 0 Å².